The van der Waals surface area contributed by atoms with Crippen LogP contribution < -0.4 is 0 Å². The maximum atomic E-state index is 5.93. The highest BCUT2D eigenvalue weighted by Crippen LogP contribution is 2.29. The van der Waals surface area contributed by atoms with Crippen molar-refractivity contribution in [2.24, 2.45) is 11.8 Å². The third-order valence-corrected chi connectivity index (χ3v) is 4.99. The van der Waals surface area contributed by atoms with E-state index >= 15 is 0 Å². The van der Waals surface area contributed by atoms with Crippen LogP contribution in [0, 0.1) is 23.7 Å². The summed E-state index contributed by atoms with van der Waals surface area (Å²) in [6, 6.07) is 11.8. The van der Waals surface area contributed by atoms with Crippen LogP contribution in [0.4, 0.5) is 0 Å². The first-order valence-corrected chi connectivity index (χ1v) is 9.52. The molecule has 1 aromatic heterocycles. The zero-order valence-electron chi connectivity index (χ0n) is 14.7. The number of hydrogen-bond acceptors (Lipinski definition) is 1. The molecular weight excluding hydrogens is 326 g/mol. The SMILES string of the molecule is CC/C=C/[C@H]1CC[C@H](C#Cc2ccc(-c3ccc(Cl)cc3)nc2)CC1. The Kier molecular flexibility index (Phi) is 6.31. The monoisotopic (exact) mass is 349 g/mol. The lowest BCUT2D eigenvalue weighted by molar-refractivity contribution is 0.364. The van der Waals surface area contributed by atoms with Gasteiger partial charge in [0.25, 0.3) is 0 Å². The van der Waals surface area contributed by atoms with Crippen molar-refractivity contribution in [3.63, 3.8) is 0 Å². The molecule has 3 rings (SSSR count). The molecule has 1 aromatic carbocycles. The second-order valence-electron chi connectivity index (χ2n) is 6.66. The molecule has 0 bridgehead atoms. The van der Waals surface area contributed by atoms with Crippen molar-refractivity contribution in [3.05, 3.63) is 65.3 Å². The lowest BCUT2D eigenvalue weighted by atomic mass is 9.82. The van der Waals surface area contributed by atoms with Crippen LogP contribution in [0.15, 0.2) is 54.7 Å². The normalized spacial score (nSPS) is 20.2. The highest BCUT2D eigenvalue weighted by molar-refractivity contribution is 6.30. The van der Waals surface area contributed by atoms with Crippen molar-refractivity contribution in [2.45, 2.75) is 39.0 Å². The molecule has 1 nitrogen and oxygen atoms in total. The molecule has 25 heavy (non-hydrogen) atoms. The Balaban J connectivity index is 1.58. The molecule has 0 spiro atoms. The molecular formula is C23H24ClN. The molecule has 128 valence electrons. The van der Waals surface area contributed by atoms with Crippen LogP contribution in [0.3, 0.4) is 0 Å². The average Bonchev–Trinajstić information content (AvgIpc) is 2.67. The van der Waals surface area contributed by atoms with Crippen LogP contribution in [0.1, 0.15) is 44.6 Å². The summed E-state index contributed by atoms with van der Waals surface area (Å²) in [5.74, 6) is 8.05. The molecule has 0 atom stereocenters. The van der Waals surface area contributed by atoms with E-state index in [2.05, 4.69) is 42.0 Å². The predicted molar refractivity (Wildman–Crippen MR) is 106 cm³/mol. The number of rotatable bonds is 3. The van der Waals surface area contributed by atoms with Gasteiger partial charge in [-0.3, -0.25) is 4.98 Å². The quantitative estimate of drug-likeness (QED) is 0.453. The Morgan fingerprint density at radius 3 is 2.48 bits per heavy atom. The first kappa shape index (κ1) is 17.8. The lowest BCUT2D eigenvalue weighted by Crippen LogP contribution is -2.11. The molecule has 2 heteroatoms. The summed E-state index contributed by atoms with van der Waals surface area (Å²) in [6.07, 6.45) is 12.6. The fraction of sp³-hybridized carbons (Fsp3) is 0.348. The number of pyridine rings is 1. The molecule has 0 radical (unpaired) electrons. The first-order chi connectivity index (χ1) is 12.2. The van der Waals surface area contributed by atoms with E-state index in [1.54, 1.807) is 0 Å². The number of hydrogen-bond donors (Lipinski definition) is 0. The Morgan fingerprint density at radius 2 is 1.84 bits per heavy atom. The molecule has 1 saturated carbocycles. The molecule has 0 unspecified atom stereocenters. The third-order valence-electron chi connectivity index (χ3n) is 4.74. The van der Waals surface area contributed by atoms with E-state index < -0.39 is 0 Å². The lowest BCUT2D eigenvalue weighted by Gasteiger charge is -2.23. The van der Waals surface area contributed by atoms with E-state index in [-0.39, 0.29) is 0 Å². The van der Waals surface area contributed by atoms with Gasteiger partial charge in [-0.25, -0.2) is 0 Å². The fourth-order valence-corrected chi connectivity index (χ4v) is 3.36. The number of aromatic nitrogens is 1. The van der Waals surface area contributed by atoms with Crippen molar-refractivity contribution >= 4 is 11.6 Å². The van der Waals surface area contributed by atoms with Gasteiger partial charge in [0.1, 0.15) is 0 Å². The Hall–Kier alpha value is -2.04. The van der Waals surface area contributed by atoms with Crippen molar-refractivity contribution in [3.8, 4) is 23.1 Å². The van der Waals surface area contributed by atoms with Crippen molar-refractivity contribution in [1.82, 2.24) is 4.98 Å². The van der Waals surface area contributed by atoms with Gasteiger partial charge in [-0.1, -0.05) is 54.7 Å². The molecule has 0 amide bonds. The zero-order chi connectivity index (χ0) is 17.5. The third kappa shape index (κ3) is 5.21. The smallest absolute Gasteiger partial charge is 0.0702 e. The minimum absolute atomic E-state index is 0.530. The maximum absolute atomic E-state index is 5.93. The average molecular weight is 350 g/mol. The summed E-state index contributed by atoms with van der Waals surface area (Å²) >= 11 is 5.93. The molecule has 0 saturated heterocycles. The van der Waals surface area contributed by atoms with E-state index in [9.17, 15) is 0 Å². The summed E-state index contributed by atoms with van der Waals surface area (Å²) in [7, 11) is 0. The number of halogens is 1. The van der Waals surface area contributed by atoms with Crippen molar-refractivity contribution in [2.75, 3.05) is 0 Å². The fourth-order valence-electron chi connectivity index (χ4n) is 3.23. The molecule has 1 fully saturated rings. The van der Waals surface area contributed by atoms with Gasteiger partial charge in [-0.05, 0) is 62.3 Å². The van der Waals surface area contributed by atoms with Crippen molar-refractivity contribution in [1.29, 1.82) is 0 Å². The summed E-state index contributed by atoms with van der Waals surface area (Å²) in [5.41, 5.74) is 3.01. The summed E-state index contributed by atoms with van der Waals surface area (Å²) in [5, 5.41) is 0.742. The van der Waals surface area contributed by atoms with Crippen LogP contribution >= 0.6 is 11.6 Å². The number of benzene rings is 1. The second kappa shape index (κ2) is 8.88. The van der Waals surface area contributed by atoms with Crippen LogP contribution in [0.2, 0.25) is 5.02 Å². The van der Waals surface area contributed by atoms with Gasteiger partial charge in [0.05, 0.1) is 5.69 Å². The van der Waals surface area contributed by atoms with E-state index in [0.29, 0.717) is 5.92 Å². The second-order valence-corrected chi connectivity index (χ2v) is 7.09. The Bertz CT molecular complexity index is 754. The van der Waals surface area contributed by atoms with E-state index in [1.165, 1.54) is 25.7 Å². The molecule has 0 aliphatic heterocycles. The standard InChI is InChI=1S/C23H24ClN/c1-2-3-4-18-5-7-19(8-6-18)9-10-20-11-16-23(25-17-20)21-12-14-22(24)15-13-21/h3-4,11-19H,2,5-8H2,1H3/b4-3+/t18-,19-. The van der Waals surface area contributed by atoms with Gasteiger partial charge in [-0.2, -0.15) is 0 Å². The van der Waals surface area contributed by atoms with Crippen LogP contribution in [0.25, 0.3) is 11.3 Å². The van der Waals surface area contributed by atoms with Gasteiger partial charge in [0.2, 0.25) is 0 Å². The van der Waals surface area contributed by atoms with Crippen LogP contribution in [0.5, 0.6) is 0 Å². The van der Waals surface area contributed by atoms with Gasteiger partial charge < -0.3 is 0 Å². The maximum Gasteiger partial charge on any atom is 0.0702 e. The van der Waals surface area contributed by atoms with Gasteiger partial charge in [-0.15, -0.1) is 0 Å². The molecule has 1 aliphatic rings. The number of allylic oxidation sites excluding steroid dienone is 2. The Labute approximate surface area is 156 Å². The summed E-state index contributed by atoms with van der Waals surface area (Å²) in [6.45, 7) is 2.19. The van der Waals surface area contributed by atoms with Crippen LogP contribution in [-0.4, -0.2) is 4.98 Å². The van der Waals surface area contributed by atoms with Crippen LogP contribution in [-0.2, 0) is 0 Å². The first-order valence-electron chi connectivity index (χ1n) is 9.15. The minimum Gasteiger partial charge on any atom is -0.255 e. The topological polar surface area (TPSA) is 12.9 Å². The number of nitrogens with zero attached hydrogens (tertiary/aromatic N) is 1. The van der Waals surface area contributed by atoms with Gasteiger partial charge in [0.15, 0.2) is 0 Å². The molecule has 1 aliphatic carbocycles. The Morgan fingerprint density at radius 1 is 1.08 bits per heavy atom. The predicted octanol–water partition coefficient (Wildman–Crippen LogP) is 6.53. The summed E-state index contributed by atoms with van der Waals surface area (Å²) < 4.78 is 0. The largest absolute Gasteiger partial charge is 0.255 e. The molecule has 0 N–H and O–H groups in total. The highest BCUT2D eigenvalue weighted by atomic mass is 35.5. The molecule has 1 heterocycles. The van der Waals surface area contributed by atoms with E-state index in [4.69, 9.17) is 11.6 Å². The van der Waals surface area contributed by atoms with E-state index in [0.717, 1.165) is 34.2 Å². The summed E-state index contributed by atoms with van der Waals surface area (Å²) in [4.78, 5) is 4.53. The van der Waals surface area contributed by atoms with E-state index in [1.807, 2.05) is 36.5 Å². The zero-order valence-corrected chi connectivity index (χ0v) is 15.5. The van der Waals surface area contributed by atoms with Crippen molar-refractivity contribution < 1.29 is 0 Å². The molecule has 2 aromatic rings. The minimum atomic E-state index is 0.530. The van der Waals surface area contributed by atoms with Gasteiger partial charge >= 0.3 is 0 Å². The highest BCUT2D eigenvalue weighted by Gasteiger charge is 2.17. The van der Waals surface area contributed by atoms with Gasteiger partial charge in [0, 0.05) is 28.3 Å².